The smallest absolute Gasteiger partial charge is 0.252 e. The van der Waals surface area contributed by atoms with E-state index in [0.717, 1.165) is 67.0 Å². The lowest BCUT2D eigenvalue weighted by Gasteiger charge is -2.44. The summed E-state index contributed by atoms with van der Waals surface area (Å²) in [5.74, 6) is 1.83. The Hall–Kier alpha value is -10.1. The zero-order valence-corrected chi connectivity index (χ0v) is 41.2. The van der Waals surface area contributed by atoms with Crippen LogP contribution in [-0.4, -0.2) is 26.2 Å². The molecule has 15 rings (SSSR count). The van der Waals surface area contributed by atoms with Crippen LogP contribution in [0.5, 0.6) is 0 Å². The third-order valence-corrected chi connectivity index (χ3v) is 15.2. The molecule has 13 aromatic rings. The van der Waals surface area contributed by atoms with E-state index in [1.54, 1.807) is 0 Å². The summed E-state index contributed by atoms with van der Waals surface area (Å²) >= 11 is 0. The lowest BCUT2D eigenvalue weighted by atomic mass is 9.33. The van der Waals surface area contributed by atoms with Gasteiger partial charge in [0.15, 0.2) is 17.5 Å². The predicted octanol–water partition coefficient (Wildman–Crippen LogP) is 15.4. The van der Waals surface area contributed by atoms with E-state index in [4.69, 9.17) is 15.0 Å². The number of hydrogen-bond donors (Lipinski definition) is 0. The second kappa shape index (κ2) is 17.8. The van der Waals surface area contributed by atoms with Crippen molar-refractivity contribution in [3.63, 3.8) is 0 Å². The number of fused-ring (bicyclic) bond motifs is 7. The third kappa shape index (κ3) is 7.01. The van der Waals surface area contributed by atoms with E-state index in [0.29, 0.717) is 17.5 Å². The van der Waals surface area contributed by atoms with E-state index in [9.17, 15) is 0 Å². The van der Waals surface area contributed by atoms with Gasteiger partial charge in [0.25, 0.3) is 6.71 Å². The van der Waals surface area contributed by atoms with Gasteiger partial charge >= 0.3 is 0 Å². The van der Waals surface area contributed by atoms with Crippen molar-refractivity contribution in [3.05, 3.63) is 273 Å². The van der Waals surface area contributed by atoms with Crippen molar-refractivity contribution < 1.29 is 0 Å². The Labute approximate surface area is 441 Å². The zero-order chi connectivity index (χ0) is 50.1. The summed E-state index contributed by atoms with van der Waals surface area (Å²) in [5, 5.41) is 2.36. The van der Waals surface area contributed by atoms with Crippen molar-refractivity contribution in [1.82, 2.24) is 19.5 Å². The quantitative estimate of drug-likeness (QED) is 0.142. The highest BCUT2D eigenvalue weighted by atomic mass is 15.2. The minimum atomic E-state index is 0.0709. The first-order chi connectivity index (χ1) is 37.7. The van der Waals surface area contributed by atoms with E-state index in [1.165, 1.54) is 49.9 Å². The SMILES string of the molecule is c1ccc(-c2nc(-c3ccccc3)nc(-c3cccc(-c4cccc(-c5cccc(N6c7ccccc7B7c8ccccc8N(c8ccccc8)c8cccc6c87)c5)c4)c3-n3c4ccccc4c4ccccc43)n2)cc1. The molecule has 0 saturated heterocycles. The summed E-state index contributed by atoms with van der Waals surface area (Å²) in [4.78, 5) is 20.6. The lowest BCUT2D eigenvalue weighted by molar-refractivity contribution is 1.06. The van der Waals surface area contributed by atoms with Gasteiger partial charge in [-0.2, -0.15) is 0 Å². The number of para-hydroxylation sites is 6. The van der Waals surface area contributed by atoms with E-state index >= 15 is 0 Å². The molecule has 2 aromatic heterocycles. The van der Waals surface area contributed by atoms with Crippen LogP contribution < -0.4 is 26.2 Å². The molecule has 0 fully saturated rings. The van der Waals surface area contributed by atoms with Crippen LogP contribution >= 0.6 is 0 Å². The average Bonchev–Trinajstić information content (AvgIpc) is 3.94. The van der Waals surface area contributed by atoms with Gasteiger partial charge in [0, 0.05) is 67.2 Å². The van der Waals surface area contributed by atoms with Crippen LogP contribution in [0.3, 0.4) is 0 Å². The van der Waals surface area contributed by atoms with Gasteiger partial charge in [-0.05, 0) is 106 Å². The van der Waals surface area contributed by atoms with Gasteiger partial charge in [-0.25, -0.2) is 15.0 Å². The Kier molecular flexibility index (Phi) is 10.2. The molecular weight excluding hydrogens is 924 g/mol. The average molecular weight is 969 g/mol. The number of anilines is 6. The molecular formula is C69H45BN6. The van der Waals surface area contributed by atoms with Gasteiger partial charge in [0.2, 0.25) is 0 Å². The molecule has 0 radical (unpaired) electrons. The maximum absolute atomic E-state index is 5.32. The Balaban J connectivity index is 0.910. The minimum Gasteiger partial charge on any atom is -0.311 e. The fourth-order valence-corrected chi connectivity index (χ4v) is 12.0. The van der Waals surface area contributed by atoms with Crippen LogP contribution in [0.4, 0.5) is 34.1 Å². The molecule has 7 heteroatoms. The van der Waals surface area contributed by atoms with Gasteiger partial charge in [-0.1, -0.05) is 200 Å². The summed E-state index contributed by atoms with van der Waals surface area (Å²) in [6, 6.07) is 97.8. The molecule has 0 aliphatic carbocycles. The predicted molar refractivity (Wildman–Crippen MR) is 315 cm³/mol. The lowest BCUT2D eigenvalue weighted by Crippen LogP contribution is -2.61. The van der Waals surface area contributed by atoms with E-state index in [1.807, 2.05) is 36.4 Å². The van der Waals surface area contributed by atoms with Crippen molar-refractivity contribution in [3.8, 4) is 62.1 Å². The molecule has 0 saturated carbocycles. The first-order valence-electron chi connectivity index (χ1n) is 25.9. The number of aromatic nitrogens is 4. The minimum absolute atomic E-state index is 0.0709. The zero-order valence-electron chi connectivity index (χ0n) is 41.2. The number of rotatable bonds is 8. The van der Waals surface area contributed by atoms with Crippen LogP contribution in [0.1, 0.15) is 0 Å². The van der Waals surface area contributed by atoms with Gasteiger partial charge in [0.05, 0.1) is 16.7 Å². The summed E-state index contributed by atoms with van der Waals surface area (Å²) < 4.78 is 2.41. The third-order valence-electron chi connectivity index (χ3n) is 15.2. The van der Waals surface area contributed by atoms with Crippen molar-refractivity contribution in [2.45, 2.75) is 0 Å². The molecule has 0 atom stereocenters. The van der Waals surface area contributed by atoms with Crippen molar-refractivity contribution in [2.75, 3.05) is 9.80 Å². The van der Waals surface area contributed by atoms with E-state index in [2.05, 4.69) is 251 Å². The highest BCUT2D eigenvalue weighted by molar-refractivity contribution is 7.00. The first-order valence-corrected chi connectivity index (χ1v) is 25.9. The summed E-state index contributed by atoms with van der Waals surface area (Å²) in [6.07, 6.45) is 0. The molecule has 6 nitrogen and oxygen atoms in total. The summed E-state index contributed by atoms with van der Waals surface area (Å²) in [6.45, 7) is 0.0709. The van der Waals surface area contributed by atoms with Crippen LogP contribution in [0, 0.1) is 0 Å². The van der Waals surface area contributed by atoms with Crippen molar-refractivity contribution in [1.29, 1.82) is 0 Å². The Morgan fingerprint density at radius 2 is 0.711 bits per heavy atom. The molecule has 2 aliphatic rings. The molecule has 0 amide bonds. The monoisotopic (exact) mass is 968 g/mol. The van der Waals surface area contributed by atoms with Gasteiger partial charge in [-0.15, -0.1) is 0 Å². The van der Waals surface area contributed by atoms with E-state index in [-0.39, 0.29) is 6.71 Å². The highest BCUT2D eigenvalue weighted by Gasteiger charge is 2.42. The Morgan fingerprint density at radius 1 is 0.289 bits per heavy atom. The van der Waals surface area contributed by atoms with Crippen molar-refractivity contribution in [2.24, 2.45) is 0 Å². The first kappa shape index (κ1) is 43.5. The molecule has 76 heavy (non-hydrogen) atoms. The maximum atomic E-state index is 5.32. The summed E-state index contributed by atoms with van der Waals surface area (Å²) in [5.41, 5.74) is 21.2. The van der Waals surface area contributed by atoms with Gasteiger partial charge in [-0.3, -0.25) is 0 Å². The Bertz CT molecular complexity index is 4270. The highest BCUT2D eigenvalue weighted by Crippen LogP contribution is 2.46. The van der Waals surface area contributed by atoms with Gasteiger partial charge in [0.1, 0.15) is 0 Å². The van der Waals surface area contributed by atoms with Crippen LogP contribution in [0.2, 0.25) is 0 Å². The number of hydrogen-bond acceptors (Lipinski definition) is 5. The summed E-state index contributed by atoms with van der Waals surface area (Å²) in [7, 11) is 0. The van der Waals surface area contributed by atoms with Crippen LogP contribution in [0.25, 0.3) is 83.9 Å². The van der Waals surface area contributed by atoms with Crippen molar-refractivity contribution >= 4 is 79.0 Å². The van der Waals surface area contributed by atoms with Gasteiger partial charge < -0.3 is 14.4 Å². The molecule has 4 heterocycles. The molecule has 0 N–H and O–H groups in total. The fourth-order valence-electron chi connectivity index (χ4n) is 12.0. The van der Waals surface area contributed by atoms with Crippen LogP contribution in [-0.2, 0) is 0 Å². The molecule has 0 unspecified atom stereocenters. The second-order valence-electron chi connectivity index (χ2n) is 19.5. The topological polar surface area (TPSA) is 50.1 Å². The molecule has 0 spiro atoms. The van der Waals surface area contributed by atoms with E-state index < -0.39 is 0 Å². The molecule has 2 aliphatic heterocycles. The number of nitrogens with zero attached hydrogens (tertiary/aromatic N) is 6. The molecule has 0 bridgehead atoms. The maximum Gasteiger partial charge on any atom is 0.252 e. The standard InChI is InChI=1S/C69H45BN6/c1-4-22-46(23-5-1)67-71-68(47-24-6-2-7-25-47)73-69(72-67)56-35-20-34-53(66(56)76-59-38-14-10-32-54(59)55-33-11-15-39-60(55)76)50-28-18-26-48(44-50)49-27-19-31-52(45-49)75-62-41-17-13-37-58(62)70-57-36-12-16-40-61(57)74(51-29-8-3-9-30-51)63-42-21-43-64(75)65(63)70/h1-45H. The fraction of sp³-hybridized carbons (Fsp3) is 0. The molecule has 11 aromatic carbocycles. The second-order valence-corrected chi connectivity index (χ2v) is 19.5. The molecule has 354 valence electrons. The number of benzene rings is 11. The normalized spacial score (nSPS) is 12.4. The largest absolute Gasteiger partial charge is 0.311 e. The Morgan fingerprint density at radius 3 is 1.34 bits per heavy atom. The van der Waals surface area contributed by atoms with Crippen LogP contribution in [0.15, 0.2) is 273 Å².